The van der Waals surface area contributed by atoms with Gasteiger partial charge in [-0.25, -0.2) is 4.98 Å². The van der Waals surface area contributed by atoms with Gasteiger partial charge < -0.3 is 25.9 Å². The van der Waals surface area contributed by atoms with Gasteiger partial charge in [0.15, 0.2) is 11.6 Å². The quantitative estimate of drug-likeness (QED) is 0.665. The van der Waals surface area contributed by atoms with E-state index in [1.54, 1.807) is 10.9 Å². The van der Waals surface area contributed by atoms with Crippen LogP contribution in [0.2, 0.25) is 0 Å². The lowest BCUT2D eigenvalue weighted by molar-refractivity contribution is -0.0204. The lowest BCUT2D eigenvalue weighted by Gasteiger charge is -2.14. The maximum atomic E-state index is 9.08. The summed E-state index contributed by atoms with van der Waals surface area (Å²) in [6.07, 6.45) is 2.87. The zero-order valence-corrected chi connectivity index (χ0v) is 9.65. The van der Waals surface area contributed by atoms with Gasteiger partial charge >= 0.3 is 0 Å². The van der Waals surface area contributed by atoms with Crippen LogP contribution in [0.4, 0.5) is 11.6 Å². The number of imidazole rings is 1. The number of aliphatic hydroxyl groups excluding tert-OH is 1. The van der Waals surface area contributed by atoms with Crippen molar-refractivity contribution in [2.24, 2.45) is 0 Å². The van der Waals surface area contributed by atoms with E-state index in [4.69, 9.17) is 21.3 Å². The van der Waals surface area contributed by atoms with E-state index >= 15 is 0 Å². The van der Waals surface area contributed by atoms with E-state index in [0.717, 1.165) is 12.8 Å². The van der Waals surface area contributed by atoms with Crippen LogP contribution < -0.4 is 11.5 Å². The lowest BCUT2D eigenvalue weighted by Crippen LogP contribution is -2.14. The minimum Gasteiger partial charge on any atom is -0.394 e. The highest BCUT2D eigenvalue weighted by Gasteiger charge is 2.28. The Bertz CT molecular complexity index is 583. The Morgan fingerprint density at radius 1 is 1.33 bits per heavy atom. The molecule has 3 rings (SSSR count). The van der Waals surface area contributed by atoms with E-state index in [2.05, 4.69) is 15.2 Å². The Morgan fingerprint density at radius 3 is 2.83 bits per heavy atom. The van der Waals surface area contributed by atoms with Crippen LogP contribution >= 0.6 is 0 Å². The van der Waals surface area contributed by atoms with E-state index in [1.165, 1.54) is 0 Å². The summed E-state index contributed by atoms with van der Waals surface area (Å²) in [6, 6.07) is 0. The first-order valence-corrected chi connectivity index (χ1v) is 5.71. The largest absolute Gasteiger partial charge is 0.394 e. The molecule has 0 aliphatic carbocycles. The second-order valence-corrected chi connectivity index (χ2v) is 4.29. The van der Waals surface area contributed by atoms with Crippen LogP contribution in [-0.2, 0) is 4.74 Å². The molecule has 1 aliphatic rings. The van der Waals surface area contributed by atoms with Gasteiger partial charge in [0, 0.05) is 0 Å². The molecule has 0 saturated carbocycles. The van der Waals surface area contributed by atoms with E-state index in [9.17, 15) is 0 Å². The fourth-order valence-electron chi connectivity index (χ4n) is 2.25. The van der Waals surface area contributed by atoms with Crippen molar-refractivity contribution in [2.75, 3.05) is 18.1 Å². The molecular formula is C10H14N6O2. The van der Waals surface area contributed by atoms with E-state index in [1.807, 2.05) is 0 Å². The standard InChI is InChI=1S/C10H14N6O2/c11-9-7-8(10(12)15-14-9)16(4-13-7)6-2-1-5(3-17)18-6/h4-6,17H,1-3H2,(H2,11,14)(H2,12,15)/t5-,6+/m0/s1. The number of fused-ring (bicyclic) bond motifs is 1. The van der Waals surface area contributed by atoms with Crippen molar-refractivity contribution < 1.29 is 9.84 Å². The van der Waals surface area contributed by atoms with Gasteiger partial charge in [0.1, 0.15) is 17.3 Å². The zero-order valence-electron chi connectivity index (χ0n) is 9.65. The first kappa shape index (κ1) is 11.2. The summed E-state index contributed by atoms with van der Waals surface area (Å²) in [4.78, 5) is 4.19. The number of hydrogen-bond donors (Lipinski definition) is 3. The molecule has 1 saturated heterocycles. The minimum atomic E-state index is -0.196. The summed E-state index contributed by atoms with van der Waals surface area (Å²) in [5, 5.41) is 16.6. The molecule has 18 heavy (non-hydrogen) atoms. The van der Waals surface area contributed by atoms with E-state index in [0.29, 0.717) is 11.0 Å². The van der Waals surface area contributed by atoms with E-state index < -0.39 is 0 Å². The zero-order chi connectivity index (χ0) is 12.7. The Balaban J connectivity index is 2.05. The number of aromatic nitrogens is 4. The van der Waals surface area contributed by atoms with Crippen molar-refractivity contribution in [1.29, 1.82) is 0 Å². The van der Waals surface area contributed by atoms with Crippen LogP contribution in [0.1, 0.15) is 19.1 Å². The van der Waals surface area contributed by atoms with Gasteiger partial charge in [-0.15, -0.1) is 10.2 Å². The fourth-order valence-corrected chi connectivity index (χ4v) is 2.25. The summed E-state index contributed by atoms with van der Waals surface area (Å²) in [5.74, 6) is 0.516. The van der Waals surface area contributed by atoms with Crippen LogP contribution in [0, 0.1) is 0 Å². The molecular weight excluding hydrogens is 236 g/mol. The SMILES string of the molecule is Nc1nnc(N)c2c1ncn2[C@H]1CC[C@@H](CO)O1. The molecule has 5 N–H and O–H groups in total. The van der Waals surface area contributed by atoms with Crippen molar-refractivity contribution in [2.45, 2.75) is 25.2 Å². The summed E-state index contributed by atoms with van der Waals surface area (Å²) < 4.78 is 7.48. The summed E-state index contributed by atoms with van der Waals surface area (Å²) >= 11 is 0. The monoisotopic (exact) mass is 250 g/mol. The molecule has 2 aromatic rings. The second kappa shape index (κ2) is 4.07. The highest BCUT2D eigenvalue weighted by molar-refractivity contribution is 5.91. The highest BCUT2D eigenvalue weighted by Crippen LogP contribution is 2.32. The van der Waals surface area contributed by atoms with Gasteiger partial charge in [0.2, 0.25) is 0 Å². The average Bonchev–Trinajstić information content (AvgIpc) is 2.99. The number of nitrogens with zero attached hydrogens (tertiary/aromatic N) is 4. The normalized spacial score (nSPS) is 23.8. The Labute approximate surface area is 103 Å². The molecule has 2 atom stereocenters. The Kier molecular flexibility index (Phi) is 2.53. The molecule has 96 valence electrons. The molecule has 1 fully saturated rings. The number of nitrogens with two attached hydrogens (primary N) is 2. The van der Waals surface area contributed by atoms with Crippen molar-refractivity contribution in [1.82, 2.24) is 19.7 Å². The number of hydrogen-bond acceptors (Lipinski definition) is 7. The molecule has 8 nitrogen and oxygen atoms in total. The smallest absolute Gasteiger partial charge is 0.174 e. The molecule has 8 heteroatoms. The maximum absolute atomic E-state index is 9.08. The predicted molar refractivity (Wildman–Crippen MR) is 64.4 cm³/mol. The van der Waals surface area contributed by atoms with Crippen molar-refractivity contribution in [3.63, 3.8) is 0 Å². The summed E-state index contributed by atoms with van der Waals surface area (Å²) in [6.45, 7) is 0.0144. The first-order chi connectivity index (χ1) is 8.70. The van der Waals surface area contributed by atoms with Gasteiger partial charge in [-0.1, -0.05) is 0 Å². The summed E-state index contributed by atoms with van der Waals surface area (Å²) in [5.41, 5.74) is 12.7. The lowest BCUT2D eigenvalue weighted by atomic mass is 10.2. The van der Waals surface area contributed by atoms with Gasteiger partial charge in [-0.2, -0.15) is 0 Å². The Morgan fingerprint density at radius 2 is 2.11 bits per heavy atom. The van der Waals surface area contributed by atoms with Crippen molar-refractivity contribution in [3.8, 4) is 0 Å². The molecule has 1 aliphatic heterocycles. The van der Waals surface area contributed by atoms with Crippen LogP contribution in [0.25, 0.3) is 11.0 Å². The molecule has 3 heterocycles. The third-order valence-corrected chi connectivity index (χ3v) is 3.14. The number of aliphatic hydroxyl groups is 1. The van der Waals surface area contributed by atoms with Crippen LogP contribution in [0.15, 0.2) is 6.33 Å². The third kappa shape index (κ3) is 1.57. The molecule has 0 radical (unpaired) electrons. The molecule has 0 spiro atoms. The van der Waals surface area contributed by atoms with Gasteiger partial charge in [0.25, 0.3) is 0 Å². The number of rotatable bonds is 2. The van der Waals surface area contributed by atoms with Crippen molar-refractivity contribution in [3.05, 3.63) is 6.33 Å². The molecule has 0 bridgehead atoms. The van der Waals surface area contributed by atoms with Crippen molar-refractivity contribution >= 4 is 22.7 Å². The Hall–Kier alpha value is -1.93. The third-order valence-electron chi connectivity index (χ3n) is 3.14. The number of nitrogen functional groups attached to an aromatic ring is 2. The van der Waals surface area contributed by atoms with E-state index in [-0.39, 0.29) is 30.6 Å². The molecule has 0 amide bonds. The maximum Gasteiger partial charge on any atom is 0.174 e. The topological polar surface area (TPSA) is 125 Å². The summed E-state index contributed by atoms with van der Waals surface area (Å²) in [7, 11) is 0. The highest BCUT2D eigenvalue weighted by atomic mass is 16.5. The molecule has 2 aromatic heterocycles. The van der Waals surface area contributed by atoms with Crippen LogP contribution in [0.5, 0.6) is 0 Å². The van der Waals surface area contributed by atoms with Crippen LogP contribution in [0.3, 0.4) is 0 Å². The fraction of sp³-hybridized carbons (Fsp3) is 0.500. The predicted octanol–water partition coefficient (Wildman–Crippen LogP) is -0.339. The first-order valence-electron chi connectivity index (χ1n) is 5.71. The minimum absolute atomic E-state index is 0.0144. The van der Waals surface area contributed by atoms with Gasteiger partial charge in [0.05, 0.1) is 19.0 Å². The molecule has 0 aromatic carbocycles. The number of ether oxygens (including phenoxy) is 1. The second-order valence-electron chi connectivity index (χ2n) is 4.29. The average molecular weight is 250 g/mol. The van der Waals surface area contributed by atoms with Gasteiger partial charge in [-0.05, 0) is 12.8 Å². The number of anilines is 2. The van der Waals surface area contributed by atoms with Crippen LogP contribution in [-0.4, -0.2) is 37.6 Å². The molecule has 0 unspecified atom stereocenters. The van der Waals surface area contributed by atoms with Gasteiger partial charge in [-0.3, -0.25) is 0 Å².